The van der Waals surface area contributed by atoms with Gasteiger partial charge in [-0.05, 0) is 50.6 Å². The second kappa shape index (κ2) is 8.55. The molecule has 1 saturated heterocycles. The molecule has 31 heavy (non-hydrogen) atoms. The van der Waals surface area contributed by atoms with Crippen LogP contribution in [-0.4, -0.2) is 72.7 Å². The van der Waals surface area contributed by atoms with E-state index in [2.05, 4.69) is 15.2 Å². The highest BCUT2D eigenvalue weighted by Gasteiger charge is 2.27. The van der Waals surface area contributed by atoms with E-state index in [1.807, 2.05) is 11.9 Å². The minimum absolute atomic E-state index is 0.0663. The van der Waals surface area contributed by atoms with E-state index in [0.29, 0.717) is 53.3 Å². The first-order valence-electron chi connectivity index (χ1n) is 10.6. The number of aromatic nitrogens is 1. The van der Waals surface area contributed by atoms with Crippen LogP contribution in [0.4, 0.5) is 5.69 Å². The number of ketones is 1. The third kappa shape index (κ3) is 4.07. The van der Waals surface area contributed by atoms with Crippen molar-refractivity contribution in [2.45, 2.75) is 26.2 Å². The number of nitrogens with one attached hydrogen (secondary N) is 2. The third-order valence-electron chi connectivity index (χ3n) is 6.15. The largest absolute Gasteiger partial charge is 0.495 e. The summed E-state index contributed by atoms with van der Waals surface area (Å²) in [6.45, 7) is 4.80. The minimum Gasteiger partial charge on any atom is -0.495 e. The molecule has 0 saturated carbocycles. The Morgan fingerprint density at radius 2 is 1.87 bits per heavy atom. The molecule has 2 N–H and O–H groups in total. The number of methoxy groups -OCH3 is 1. The Morgan fingerprint density at radius 3 is 2.55 bits per heavy atom. The summed E-state index contributed by atoms with van der Waals surface area (Å²) in [5.41, 5.74) is 3.43. The number of piperazine rings is 1. The van der Waals surface area contributed by atoms with E-state index in [9.17, 15) is 14.4 Å². The molecule has 1 aliphatic carbocycles. The first kappa shape index (κ1) is 21.1. The van der Waals surface area contributed by atoms with Gasteiger partial charge in [0.05, 0.1) is 12.8 Å². The highest BCUT2D eigenvalue weighted by Crippen LogP contribution is 2.30. The number of nitrogens with zero attached hydrogens (tertiary/aromatic N) is 2. The summed E-state index contributed by atoms with van der Waals surface area (Å²) in [6, 6.07) is 5.06. The first-order valence-corrected chi connectivity index (χ1v) is 10.6. The van der Waals surface area contributed by atoms with Gasteiger partial charge in [0.15, 0.2) is 5.78 Å². The molecule has 8 heteroatoms. The molecule has 8 nitrogen and oxygen atoms in total. The first-order chi connectivity index (χ1) is 14.9. The van der Waals surface area contributed by atoms with Crippen LogP contribution in [0.3, 0.4) is 0 Å². The predicted octanol–water partition coefficient (Wildman–Crippen LogP) is 2.49. The van der Waals surface area contributed by atoms with E-state index in [1.54, 1.807) is 25.1 Å². The van der Waals surface area contributed by atoms with Crippen molar-refractivity contribution in [3.63, 3.8) is 0 Å². The number of hydrogen-bond acceptors (Lipinski definition) is 5. The maximum atomic E-state index is 13.0. The number of aromatic amines is 1. The molecular formula is C23H28N4O4. The number of Topliss-reactive ketones (excluding diaryl/α,β-unsaturated/α-hetero) is 1. The lowest BCUT2D eigenvalue weighted by atomic mass is 9.94. The van der Waals surface area contributed by atoms with Gasteiger partial charge in [-0.15, -0.1) is 0 Å². The van der Waals surface area contributed by atoms with Gasteiger partial charge in [-0.25, -0.2) is 0 Å². The lowest BCUT2D eigenvalue weighted by molar-refractivity contribution is 0.0663. The van der Waals surface area contributed by atoms with Crippen molar-refractivity contribution in [1.82, 2.24) is 14.8 Å². The van der Waals surface area contributed by atoms with Crippen molar-refractivity contribution in [3.05, 3.63) is 46.3 Å². The van der Waals surface area contributed by atoms with Crippen molar-refractivity contribution in [2.75, 3.05) is 45.7 Å². The smallest absolute Gasteiger partial charge is 0.272 e. The highest BCUT2D eigenvalue weighted by atomic mass is 16.5. The number of amides is 2. The molecule has 1 fully saturated rings. The van der Waals surface area contributed by atoms with Crippen LogP contribution in [-0.2, 0) is 6.42 Å². The molecule has 0 bridgehead atoms. The Morgan fingerprint density at radius 1 is 1.13 bits per heavy atom. The molecule has 2 aromatic rings. The van der Waals surface area contributed by atoms with Crippen LogP contribution in [0.25, 0.3) is 0 Å². The number of benzene rings is 1. The molecule has 0 radical (unpaired) electrons. The van der Waals surface area contributed by atoms with E-state index in [1.165, 1.54) is 7.11 Å². The van der Waals surface area contributed by atoms with Crippen LogP contribution in [0, 0.1) is 6.92 Å². The quantitative estimate of drug-likeness (QED) is 0.786. The Labute approximate surface area is 181 Å². The number of fused-ring (bicyclic) bond motifs is 1. The van der Waals surface area contributed by atoms with Crippen molar-refractivity contribution in [2.24, 2.45) is 0 Å². The molecule has 2 heterocycles. The predicted molar refractivity (Wildman–Crippen MR) is 117 cm³/mol. The van der Waals surface area contributed by atoms with Gasteiger partial charge in [-0.2, -0.15) is 0 Å². The van der Waals surface area contributed by atoms with Gasteiger partial charge in [-0.1, -0.05) is 0 Å². The number of rotatable bonds is 4. The number of anilines is 1. The summed E-state index contributed by atoms with van der Waals surface area (Å²) in [5.74, 6) is 0.116. The second-order valence-corrected chi connectivity index (χ2v) is 8.22. The maximum Gasteiger partial charge on any atom is 0.272 e. The fourth-order valence-corrected chi connectivity index (χ4v) is 4.32. The zero-order chi connectivity index (χ0) is 22.1. The third-order valence-corrected chi connectivity index (χ3v) is 6.15. The van der Waals surface area contributed by atoms with Crippen molar-refractivity contribution < 1.29 is 19.1 Å². The van der Waals surface area contributed by atoms with Gasteiger partial charge < -0.3 is 24.8 Å². The molecule has 1 aromatic heterocycles. The number of hydrogen-bond donors (Lipinski definition) is 2. The standard InChI is InChI=1S/C23H28N4O4/c1-14-20-16(5-4-6-18(20)28)24-21(14)22(29)25-17-13-15(7-8-19(17)31-3)23(30)27-11-9-26(2)10-12-27/h7-8,13,24H,4-6,9-12H2,1-3H3,(H,25,29). The molecule has 1 aliphatic heterocycles. The SMILES string of the molecule is COc1ccc(C(=O)N2CCN(C)CC2)cc1NC(=O)c1[nH]c2c(c1C)C(=O)CCC2. The number of carbonyl (C=O) groups excluding carboxylic acids is 3. The zero-order valence-corrected chi connectivity index (χ0v) is 18.2. The fraction of sp³-hybridized carbons (Fsp3) is 0.435. The molecule has 4 rings (SSSR count). The van der Waals surface area contributed by atoms with E-state index < -0.39 is 0 Å². The summed E-state index contributed by atoms with van der Waals surface area (Å²) >= 11 is 0. The van der Waals surface area contributed by atoms with Gasteiger partial charge >= 0.3 is 0 Å². The van der Waals surface area contributed by atoms with Crippen LogP contribution in [0.2, 0.25) is 0 Å². The van der Waals surface area contributed by atoms with Crippen molar-refractivity contribution in [3.8, 4) is 5.75 Å². The Hall–Kier alpha value is -3.13. The maximum absolute atomic E-state index is 13.0. The summed E-state index contributed by atoms with van der Waals surface area (Å²) in [7, 11) is 3.56. The van der Waals surface area contributed by atoms with Crippen LogP contribution >= 0.6 is 0 Å². The average molecular weight is 425 g/mol. The van der Waals surface area contributed by atoms with E-state index in [-0.39, 0.29) is 17.6 Å². The number of ether oxygens (including phenoxy) is 1. The van der Waals surface area contributed by atoms with E-state index >= 15 is 0 Å². The van der Waals surface area contributed by atoms with Gasteiger partial charge in [0, 0.05) is 49.4 Å². The second-order valence-electron chi connectivity index (χ2n) is 8.22. The molecule has 164 valence electrons. The summed E-state index contributed by atoms with van der Waals surface area (Å²) in [5, 5.41) is 2.86. The van der Waals surface area contributed by atoms with Gasteiger partial charge in [0.25, 0.3) is 11.8 Å². The molecule has 1 aromatic carbocycles. The lowest BCUT2D eigenvalue weighted by Gasteiger charge is -2.32. The minimum atomic E-state index is -0.359. The Bertz CT molecular complexity index is 1030. The Kier molecular flexibility index (Phi) is 5.82. The number of likely N-dealkylation sites (N-methyl/N-ethyl adjacent to an activating group) is 1. The molecule has 2 aliphatic rings. The average Bonchev–Trinajstić information content (AvgIpc) is 3.11. The lowest BCUT2D eigenvalue weighted by Crippen LogP contribution is -2.47. The number of carbonyl (C=O) groups is 3. The molecule has 2 amide bonds. The Balaban J connectivity index is 1.58. The topological polar surface area (TPSA) is 94.7 Å². The van der Waals surface area contributed by atoms with Crippen LogP contribution in [0.5, 0.6) is 5.75 Å². The summed E-state index contributed by atoms with van der Waals surface area (Å²) < 4.78 is 5.39. The summed E-state index contributed by atoms with van der Waals surface area (Å²) in [4.78, 5) is 45.4. The van der Waals surface area contributed by atoms with Crippen LogP contribution < -0.4 is 10.1 Å². The van der Waals surface area contributed by atoms with Gasteiger partial charge in [0.1, 0.15) is 11.4 Å². The van der Waals surface area contributed by atoms with Gasteiger partial charge in [-0.3, -0.25) is 14.4 Å². The number of H-pyrrole nitrogens is 1. The van der Waals surface area contributed by atoms with Crippen LogP contribution in [0.1, 0.15) is 55.3 Å². The van der Waals surface area contributed by atoms with Crippen LogP contribution in [0.15, 0.2) is 18.2 Å². The highest BCUT2D eigenvalue weighted by molar-refractivity contribution is 6.09. The van der Waals surface area contributed by atoms with Gasteiger partial charge in [0.2, 0.25) is 0 Å². The zero-order valence-electron chi connectivity index (χ0n) is 18.2. The number of aryl methyl sites for hydroxylation is 1. The molecular weight excluding hydrogens is 396 g/mol. The van der Waals surface area contributed by atoms with Crippen molar-refractivity contribution >= 4 is 23.3 Å². The molecule has 0 unspecified atom stereocenters. The van der Waals surface area contributed by atoms with E-state index in [4.69, 9.17) is 4.74 Å². The normalized spacial score (nSPS) is 16.7. The van der Waals surface area contributed by atoms with E-state index in [0.717, 1.165) is 31.6 Å². The summed E-state index contributed by atoms with van der Waals surface area (Å²) in [6.07, 6.45) is 2.06. The molecule has 0 atom stereocenters. The van der Waals surface area contributed by atoms with Crippen molar-refractivity contribution in [1.29, 1.82) is 0 Å². The monoisotopic (exact) mass is 424 g/mol. The molecule has 0 spiro atoms. The fourth-order valence-electron chi connectivity index (χ4n) is 4.32.